The molecule has 0 bridgehead atoms. The molecule has 0 spiro atoms. The normalized spacial score (nSPS) is 11.8. The second-order valence-electron chi connectivity index (χ2n) is 4.14. The van der Waals surface area contributed by atoms with Crippen molar-refractivity contribution in [3.05, 3.63) is 29.5 Å². The Morgan fingerprint density at radius 3 is 2.83 bits per heavy atom. The quantitative estimate of drug-likeness (QED) is 0.624. The molecule has 0 atom stereocenters. The number of rotatable bonds is 2. The Balaban J connectivity index is 2.44. The number of guanidine groups is 1. The summed E-state index contributed by atoms with van der Waals surface area (Å²) in [5, 5.41) is 3.95. The highest BCUT2D eigenvalue weighted by Gasteiger charge is 2.05. The lowest BCUT2D eigenvalue weighted by molar-refractivity contribution is 1.10. The third-order valence-electron chi connectivity index (χ3n) is 2.61. The second-order valence-corrected chi connectivity index (χ2v) is 4.14. The van der Waals surface area contributed by atoms with Gasteiger partial charge in [-0.3, -0.25) is 10.3 Å². The first-order chi connectivity index (χ1) is 8.60. The van der Waals surface area contributed by atoms with Crippen LogP contribution in [0.15, 0.2) is 23.2 Å². The van der Waals surface area contributed by atoms with Crippen LogP contribution in [-0.4, -0.2) is 22.5 Å². The lowest BCUT2D eigenvalue weighted by Crippen LogP contribution is -2.24. The van der Waals surface area contributed by atoms with E-state index in [0.29, 0.717) is 18.5 Å². The van der Waals surface area contributed by atoms with Gasteiger partial charge < -0.3 is 5.73 Å². The number of hydrogen-bond donors (Lipinski definition) is 2. The molecule has 94 valence electrons. The van der Waals surface area contributed by atoms with Crippen molar-refractivity contribution in [1.29, 1.82) is 0 Å². The Hall–Kier alpha value is -2.17. The van der Waals surface area contributed by atoms with E-state index in [1.807, 2.05) is 32.9 Å². The Bertz CT molecular complexity index is 604. The van der Waals surface area contributed by atoms with Gasteiger partial charge in [0, 0.05) is 11.9 Å². The Morgan fingerprint density at radius 1 is 1.33 bits per heavy atom. The van der Waals surface area contributed by atoms with Crippen LogP contribution in [0.4, 0.5) is 5.95 Å². The average molecular weight is 243 g/mol. The lowest BCUT2D eigenvalue weighted by Gasteiger charge is -2.07. The van der Waals surface area contributed by atoms with Crippen molar-refractivity contribution < 1.29 is 0 Å². The molecule has 0 aliphatic carbocycles. The van der Waals surface area contributed by atoms with Gasteiger partial charge in [0.1, 0.15) is 0 Å². The number of fused-ring (bicyclic) bond motifs is 1. The highest BCUT2D eigenvalue weighted by atomic mass is 15.2. The summed E-state index contributed by atoms with van der Waals surface area (Å²) in [6.45, 7) is 6.55. The molecule has 0 unspecified atom stereocenters. The fraction of sp³-hybridized carbons (Fsp3) is 0.308. The van der Waals surface area contributed by atoms with Crippen molar-refractivity contribution in [1.82, 2.24) is 9.97 Å². The molecule has 0 fully saturated rings. The van der Waals surface area contributed by atoms with Crippen LogP contribution in [0.1, 0.15) is 18.2 Å². The summed E-state index contributed by atoms with van der Waals surface area (Å²) in [5.41, 5.74) is 8.70. The van der Waals surface area contributed by atoms with Crippen LogP contribution >= 0.6 is 0 Å². The molecule has 0 aliphatic rings. The van der Waals surface area contributed by atoms with Crippen molar-refractivity contribution in [2.24, 2.45) is 10.7 Å². The SMILES string of the molecule is CCN=C(N)Nc1nc(C)c2ccc(C)cc2n1. The van der Waals surface area contributed by atoms with Crippen molar-refractivity contribution >= 4 is 22.8 Å². The predicted molar refractivity (Wildman–Crippen MR) is 74.8 cm³/mol. The molecule has 0 aliphatic heterocycles. The van der Waals surface area contributed by atoms with E-state index in [1.165, 1.54) is 5.56 Å². The minimum Gasteiger partial charge on any atom is -0.370 e. The van der Waals surface area contributed by atoms with E-state index in [4.69, 9.17) is 5.73 Å². The van der Waals surface area contributed by atoms with Gasteiger partial charge in [0.25, 0.3) is 0 Å². The molecule has 1 aromatic carbocycles. The van der Waals surface area contributed by atoms with E-state index in [0.717, 1.165) is 16.6 Å². The van der Waals surface area contributed by atoms with Crippen molar-refractivity contribution in [3.8, 4) is 0 Å². The summed E-state index contributed by atoms with van der Waals surface area (Å²) >= 11 is 0. The van der Waals surface area contributed by atoms with Gasteiger partial charge in [0.15, 0.2) is 5.96 Å². The minimum absolute atomic E-state index is 0.337. The second kappa shape index (κ2) is 5.00. The lowest BCUT2D eigenvalue weighted by atomic mass is 10.1. The van der Waals surface area contributed by atoms with Gasteiger partial charge >= 0.3 is 0 Å². The third kappa shape index (κ3) is 2.56. The predicted octanol–water partition coefficient (Wildman–Crippen LogP) is 1.99. The van der Waals surface area contributed by atoms with Crippen LogP contribution in [0.25, 0.3) is 10.9 Å². The zero-order chi connectivity index (χ0) is 13.1. The van der Waals surface area contributed by atoms with Gasteiger partial charge in [-0.25, -0.2) is 9.97 Å². The van der Waals surface area contributed by atoms with Gasteiger partial charge in [-0.15, -0.1) is 0 Å². The first kappa shape index (κ1) is 12.3. The summed E-state index contributed by atoms with van der Waals surface area (Å²) < 4.78 is 0. The van der Waals surface area contributed by atoms with E-state index in [1.54, 1.807) is 0 Å². The molecule has 0 saturated carbocycles. The van der Waals surface area contributed by atoms with Gasteiger partial charge in [0.2, 0.25) is 5.95 Å². The zero-order valence-electron chi connectivity index (χ0n) is 10.9. The van der Waals surface area contributed by atoms with Crippen LogP contribution in [0, 0.1) is 13.8 Å². The fourth-order valence-electron chi connectivity index (χ4n) is 1.78. The Kier molecular flexibility index (Phi) is 3.41. The standard InChI is InChI=1S/C13H17N5/c1-4-15-12(14)18-13-16-9(3)10-6-5-8(2)7-11(10)17-13/h5-7H,4H2,1-3H3,(H3,14,15,16,17,18). The first-order valence-electron chi connectivity index (χ1n) is 5.92. The van der Waals surface area contributed by atoms with Crippen molar-refractivity contribution in [2.75, 3.05) is 11.9 Å². The van der Waals surface area contributed by atoms with E-state index in [9.17, 15) is 0 Å². The van der Waals surface area contributed by atoms with Crippen LogP contribution in [0.2, 0.25) is 0 Å². The Labute approximate surface area is 106 Å². The number of aryl methyl sites for hydroxylation is 2. The molecule has 2 aromatic rings. The zero-order valence-corrected chi connectivity index (χ0v) is 10.9. The average Bonchev–Trinajstić information content (AvgIpc) is 2.28. The fourth-order valence-corrected chi connectivity index (χ4v) is 1.78. The van der Waals surface area contributed by atoms with Crippen molar-refractivity contribution in [2.45, 2.75) is 20.8 Å². The van der Waals surface area contributed by atoms with Crippen molar-refractivity contribution in [3.63, 3.8) is 0 Å². The molecule has 5 nitrogen and oxygen atoms in total. The molecule has 3 N–H and O–H groups in total. The number of nitrogens with two attached hydrogens (primary N) is 1. The molecule has 1 heterocycles. The molecule has 0 radical (unpaired) electrons. The summed E-state index contributed by atoms with van der Waals surface area (Å²) in [5.74, 6) is 0.823. The first-order valence-corrected chi connectivity index (χ1v) is 5.92. The van der Waals surface area contributed by atoms with Gasteiger partial charge in [0.05, 0.1) is 11.2 Å². The topological polar surface area (TPSA) is 76.2 Å². The number of nitrogens with one attached hydrogen (secondary N) is 1. The van der Waals surface area contributed by atoms with Crippen LogP contribution in [0.5, 0.6) is 0 Å². The van der Waals surface area contributed by atoms with E-state index >= 15 is 0 Å². The molecule has 2 rings (SSSR count). The number of aliphatic imine (C=N–C) groups is 1. The van der Waals surface area contributed by atoms with Gasteiger partial charge in [-0.05, 0) is 32.4 Å². The van der Waals surface area contributed by atoms with E-state index in [-0.39, 0.29) is 0 Å². The number of hydrogen-bond acceptors (Lipinski definition) is 3. The molecule has 0 amide bonds. The molecular formula is C13H17N5. The minimum atomic E-state index is 0.337. The largest absolute Gasteiger partial charge is 0.370 e. The summed E-state index contributed by atoms with van der Waals surface area (Å²) in [6.07, 6.45) is 0. The van der Waals surface area contributed by atoms with E-state index < -0.39 is 0 Å². The molecule has 0 saturated heterocycles. The summed E-state index contributed by atoms with van der Waals surface area (Å²) in [7, 11) is 0. The molecular weight excluding hydrogens is 226 g/mol. The van der Waals surface area contributed by atoms with Crippen LogP contribution in [-0.2, 0) is 0 Å². The van der Waals surface area contributed by atoms with E-state index in [2.05, 4.69) is 26.3 Å². The van der Waals surface area contributed by atoms with Gasteiger partial charge in [-0.1, -0.05) is 12.1 Å². The maximum Gasteiger partial charge on any atom is 0.230 e. The Morgan fingerprint density at radius 2 is 2.11 bits per heavy atom. The maximum atomic E-state index is 5.70. The smallest absolute Gasteiger partial charge is 0.230 e. The summed E-state index contributed by atoms with van der Waals surface area (Å²) in [6, 6.07) is 6.12. The van der Waals surface area contributed by atoms with Crippen LogP contribution in [0.3, 0.4) is 0 Å². The monoisotopic (exact) mass is 243 g/mol. The number of aromatic nitrogens is 2. The highest BCUT2D eigenvalue weighted by molar-refractivity contribution is 5.92. The molecule has 5 heteroatoms. The summed E-state index contributed by atoms with van der Waals surface area (Å²) in [4.78, 5) is 12.9. The maximum absolute atomic E-state index is 5.70. The number of nitrogens with zero attached hydrogens (tertiary/aromatic N) is 3. The number of anilines is 1. The van der Waals surface area contributed by atoms with Gasteiger partial charge in [-0.2, -0.15) is 0 Å². The molecule has 1 aromatic heterocycles. The number of benzene rings is 1. The third-order valence-corrected chi connectivity index (χ3v) is 2.61. The molecule has 18 heavy (non-hydrogen) atoms. The van der Waals surface area contributed by atoms with Crippen LogP contribution < -0.4 is 11.1 Å². The highest BCUT2D eigenvalue weighted by Crippen LogP contribution is 2.18.